The van der Waals surface area contributed by atoms with E-state index in [-0.39, 0.29) is 6.04 Å². The largest absolute Gasteiger partial charge is 0.371 e. The van der Waals surface area contributed by atoms with E-state index in [0.29, 0.717) is 0 Å². The lowest BCUT2D eigenvalue weighted by molar-refractivity contribution is 0.756. The van der Waals surface area contributed by atoms with Crippen LogP contribution in [-0.4, -0.2) is 11.0 Å². The molecule has 2 heteroatoms. The zero-order chi connectivity index (χ0) is 12.1. The van der Waals surface area contributed by atoms with Crippen molar-refractivity contribution >= 4 is 16.6 Å². The van der Waals surface area contributed by atoms with E-state index in [1.807, 2.05) is 30.5 Å². The average Bonchev–Trinajstić information content (AvgIpc) is 2.38. The van der Waals surface area contributed by atoms with Crippen molar-refractivity contribution in [3.8, 4) is 12.3 Å². The minimum Gasteiger partial charge on any atom is -0.371 e. The molecule has 2 rings (SSSR count). The van der Waals surface area contributed by atoms with Crippen molar-refractivity contribution in [2.24, 2.45) is 0 Å². The standard InChI is InChI=1S/C15H16N2/c1-3-7-12(4-2)17-15-10-11-16-14-9-6-5-8-13(14)15/h2,5-6,8-12H,3,7H2,1H3,(H,16,17). The smallest absolute Gasteiger partial charge is 0.0874 e. The van der Waals surface area contributed by atoms with E-state index < -0.39 is 0 Å². The second-order valence-electron chi connectivity index (χ2n) is 4.03. The first-order valence-electron chi connectivity index (χ1n) is 5.91. The number of terminal acetylenes is 1. The third-order valence-corrected chi connectivity index (χ3v) is 2.76. The van der Waals surface area contributed by atoms with Crippen molar-refractivity contribution in [3.05, 3.63) is 36.5 Å². The summed E-state index contributed by atoms with van der Waals surface area (Å²) >= 11 is 0. The van der Waals surface area contributed by atoms with Gasteiger partial charge in [-0.05, 0) is 18.6 Å². The third kappa shape index (κ3) is 2.57. The van der Waals surface area contributed by atoms with E-state index in [0.717, 1.165) is 29.4 Å². The molecule has 0 aliphatic heterocycles. The zero-order valence-electron chi connectivity index (χ0n) is 9.98. The lowest BCUT2D eigenvalue weighted by atomic mass is 10.1. The summed E-state index contributed by atoms with van der Waals surface area (Å²) in [5.74, 6) is 2.78. The Morgan fingerprint density at radius 1 is 1.35 bits per heavy atom. The predicted molar refractivity (Wildman–Crippen MR) is 72.9 cm³/mol. The fourth-order valence-electron chi connectivity index (χ4n) is 1.90. The van der Waals surface area contributed by atoms with E-state index in [2.05, 4.69) is 29.2 Å². The molecule has 1 unspecified atom stereocenters. The number of aromatic nitrogens is 1. The summed E-state index contributed by atoms with van der Waals surface area (Å²) in [7, 11) is 0. The predicted octanol–water partition coefficient (Wildman–Crippen LogP) is 3.45. The molecule has 0 bridgehead atoms. The van der Waals surface area contributed by atoms with Gasteiger partial charge < -0.3 is 5.32 Å². The van der Waals surface area contributed by atoms with Crippen molar-refractivity contribution in [2.45, 2.75) is 25.8 Å². The van der Waals surface area contributed by atoms with E-state index in [9.17, 15) is 0 Å². The average molecular weight is 224 g/mol. The van der Waals surface area contributed by atoms with Crippen molar-refractivity contribution in [3.63, 3.8) is 0 Å². The number of hydrogen-bond donors (Lipinski definition) is 1. The summed E-state index contributed by atoms with van der Waals surface area (Å²) in [6.45, 7) is 2.14. The number of benzene rings is 1. The second kappa shape index (κ2) is 5.36. The fourth-order valence-corrected chi connectivity index (χ4v) is 1.90. The van der Waals surface area contributed by atoms with Crippen molar-refractivity contribution in [1.29, 1.82) is 0 Å². The Hall–Kier alpha value is -2.01. The van der Waals surface area contributed by atoms with Crippen LogP contribution in [0.2, 0.25) is 0 Å². The van der Waals surface area contributed by atoms with Gasteiger partial charge in [-0.2, -0.15) is 0 Å². The van der Waals surface area contributed by atoms with Gasteiger partial charge in [-0.3, -0.25) is 4.98 Å². The number of nitrogens with one attached hydrogen (secondary N) is 1. The number of anilines is 1. The zero-order valence-corrected chi connectivity index (χ0v) is 9.98. The third-order valence-electron chi connectivity index (χ3n) is 2.76. The first kappa shape index (κ1) is 11.5. The number of rotatable bonds is 4. The fraction of sp³-hybridized carbons (Fsp3) is 0.267. The van der Waals surface area contributed by atoms with Gasteiger partial charge in [0.1, 0.15) is 0 Å². The highest BCUT2D eigenvalue weighted by Crippen LogP contribution is 2.22. The SMILES string of the molecule is C#CC(CCC)Nc1ccnc2ccccc12. The lowest BCUT2D eigenvalue weighted by Crippen LogP contribution is -2.16. The Morgan fingerprint density at radius 3 is 2.94 bits per heavy atom. The molecule has 86 valence electrons. The molecule has 0 aliphatic carbocycles. The molecule has 1 atom stereocenters. The molecule has 0 radical (unpaired) electrons. The Balaban J connectivity index is 2.33. The first-order valence-corrected chi connectivity index (χ1v) is 5.91. The van der Waals surface area contributed by atoms with E-state index in [4.69, 9.17) is 6.42 Å². The Labute approximate surface area is 102 Å². The Morgan fingerprint density at radius 2 is 2.18 bits per heavy atom. The number of fused-ring (bicyclic) bond motifs is 1. The van der Waals surface area contributed by atoms with Crippen LogP contribution in [-0.2, 0) is 0 Å². The minimum absolute atomic E-state index is 0.0887. The molecule has 1 aromatic carbocycles. The van der Waals surface area contributed by atoms with Crippen LogP contribution in [0.1, 0.15) is 19.8 Å². The van der Waals surface area contributed by atoms with Crippen LogP contribution in [0.25, 0.3) is 10.9 Å². The maximum Gasteiger partial charge on any atom is 0.0874 e. The van der Waals surface area contributed by atoms with Crippen LogP contribution in [0.15, 0.2) is 36.5 Å². The summed E-state index contributed by atoms with van der Waals surface area (Å²) in [4.78, 5) is 4.33. The van der Waals surface area contributed by atoms with Gasteiger partial charge in [-0.15, -0.1) is 6.42 Å². The lowest BCUT2D eigenvalue weighted by Gasteiger charge is -2.15. The van der Waals surface area contributed by atoms with Crippen LogP contribution in [0, 0.1) is 12.3 Å². The maximum atomic E-state index is 5.52. The summed E-state index contributed by atoms with van der Waals surface area (Å²) in [5.41, 5.74) is 2.05. The van der Waals surface area contributed by atoms with E-state index in [1.165, 1.54) is 0 Å². The number of para-hydroxylation sites is 1. The van der Waals surface area contributed by atoms with Crippen molar-refractivity contribution < 1.29 is 0 Å². The summed E-state index contributed by atoms with van der Waals surface area (Å²) in [6.07, 6.45) is 9.39. The Bertz CT molecular complexity index is 535. The second-order valence-corrected chi connectivity index (χ2v) is 4.03. The van der Waals surface area contributed by atoms with E-state index >= 15 is 0 Å². The molecule has 1 aromatic heterocycles. The molecule has 0 fully saturated rings. The Kier molecular flexibility index (Phi) is 3.62. The van der Waals surface area contributed by atoms with Crippen LogP contribution in [0.4, 0.5) is 5.69 Å². The molecular weight excluding hydrogens is 208 g/mol. The van der Waals surface area contributed by atoms with Gasteiger partial charge in [0.25, 0.3) is 0 Å². The molecule has 0 amide bonds. The molecule has 1 N–H and O–H groups in total. The van der Waals surface area contributed by atoms with Crippen molar-refractivity contribution in [2.75, 3.05) is 5.32 Å². The van der Waals surface area contributed by atoms with Gasteiger partial charge >= 0.3 is 0 Å². The molecule has 2 nitrogen and oxygen atoms in total. The highest BCUT2D eigenvalue weighted by atomic mass is 14.9. The van der Waals surface area contributed by atoms with Crippen LogP contribution in [0.5, 0.6) is 0 Å². The van der Waals surface area contributed by atoms with Crippen LogP contribution in [0.3, 0.4) is 0 Å². The highest BCUT2D eigenvalue weighted by Gasteiger charge is 2.06. The number of hydrogen-bond acceptors (Lipinski definition) is 2. The quantitative estimate of drug-likeness (QED) is 0.805. The van der Waals surface area contributed by atoms with Crippen LogP contribution < -0.4 is 5.32 Å². The number of nitrogens with zero attached hydrogens (tertiary/aromatic N) is 1. The molecule has 17 heavy (non-hydrogen) atoms. The van der Waals surface area contributed by atoms with E-state index in [1.54, 1.807) is 0 Å². The highest BCUT2D eigenvalue weighted by molar-refractivity contribution is 5.91. The van der Waals surface area contributed by atoms with Gasteiger partial charge in [0, 0.05) is 17.3 Å². The van der Waals surface area contributed by atoms with Gasteiger partial charge in [-0.1, -0.05) is 37.5 Å². The molecule has 0 aliphatic rings. The topological polar surface area (TPSA) is 24.9 Å². The summed E-state index contributed by atoms with van der Waals surface area (Å²) < 4.78 is 0. The molecule has 0 spiro atoms. The van der Waals surface area contributed by atoms with Gasteiger partial charge in [-0.25, -0.2) is 0 Å². The van der Waals surface area contributed by atoms with Crippen molar-refractivity contribution in [1.82, 2.24) is 4.98 Å². The van der Waals surface area contributed by atoms with Gasteiger partial charge in [0.05, 0.1) is 11.6 Å². The summed E-state index contributed by atoms with van der Waals surface area (Å²) in [5, 5.41) is 4.51. The number of pyridine rings is 1. The first-order chi connectivity index (χ1) is 8.35. The molecule has 1 heterocycles. The van der Waals surface area contributed by atoms with Crippen LogP contribution >= 0.6 is 0 Å². The monoisotopic (exact) mass is 224 g/mol. The maximum absolute atomic E-state index is 5.52. The molecular formula is C15H16N2. The van der Waals surface area contributed by atoms with Gasteiger partial charge in [0.2, 0.25) is 0 Å². The minimum atomic E-state index is 0.0887. The summed E-state index contributed by atoms with van der Waals surface area (Å²) in [6, 6.07) is 10.1. The molecule has 2 aromatic rings. The molecule has 0 saturated carbocycles. The normalized spacial score (nSPS) is 12.0. The van der Waals surface area contributed by atoms with Gasteiger partial charge in [0.15, 0.2) is 0 Å². The molecule has 0 saturated heterocycles.